The molecule has 1 fully saturated rings. The zero-order chi connectivity index (χ0) is 12.2. The molecule has 0 aliphatic heterocycles. The number of hydrogen-bond donors (Lipinski definition) is 2. The third-order valence-electron chi connectivity index (χ3n) is 3.42. The molecule has 1 aliphatic rings. The number of amides is 1. The molecule has 2 N–H and O–H groups in total. The summed E-state index contributed by atoms with van der Waals surface area (Å²) in [7, 11) is 0. The Morgan fingerprint density at radius 1 is 1.38 bits per heavy atom. The Bertz CT molecular complexity index is 269. The van der Waals surface area contributed by atoms with Gasteiger partial charge in [-0.3, -0.25) is 9.59 Å². The minimum Gasteiger partial charge on any atom is -0.481 e. The lowest BCUT2D eigenvalue weighted by Gasteiger charge is -2.24. The van der Waals surface area contributed by atoms with E-state index in [1.54, 1.807) is 0 Å². The summed E-state index contributed by atoms with van der Waals surface area (Å²) in [5.41, 5.74) is -0.225. The van der Waals surface area contributed by atoms with E-state index in [1.165, 1.54) is 0 Å². The second-order valence-electron chi connectivity index (χ2n) is 5.07. The van der Waals surface area contributed by atoms with Gasteiger partial charge in [-0.1, -0.05) is 19.8 Å². The van der Waals surface area contributed by atoms with Gasteiger partial charge in [0.2, 0.25) is 5.91 Å². The first kappa shape index (κ1) is 13.0. The summed E-state index contributed by atoms with van der Waals surface area (Å²) in [6, 6.07) is -0.0546. The number of carbonyl (C=O) groups is 2. The first-order valence-electron chi connectivity index (χ1n) is 5.97. The van der Waals surface area contributed by atoms with Crippen molar-refractivity contribution in [2.75, 3.05) is 0 Å². The van der Waals surface area contributed by atoms with Crippen LogP contribution in [-0.2, 0) is 9.59 Å². The topological polar surface area (TPSA) is 66.4 Å². The number of hydrogen-bond acceptors (Lipinski definition) is 2. The second kappa shape index (κ2) is 5.32. The van der Waals surface area contributed by atoms with Crippen LogP contribution in [0.25, 0.3) is 0 Å². The third-order valence-corrected chi connectivity index (χ3v) is 3.42. The maximum absolute atomic E-state index is 12.0. The molecule has 1 rings (SSSR count). The van der Waals surface area contributed by atoms with E-state index in [1.807, 2.05) is 13.8 Å². The van der Waals surface area contributed by atoms with Crippen molar-refractivity contribution in [2.45, 2.75) is 58.4 Å². The van der Waals surface area contributed by atoms with Gasteiger partial charge in [-0.05, 0) is 26.2 Å². The van der Waals surface area contributed by atoms with E-state index in [9.17, 15) is 9.59 Å². The van der Waals surface area contributed by atoms with Crippen molar-refractivity contribution in [2.24, 2.45) is 5.41 Å². The molecular weight excluding hydrogens is 206 g/mol. The molecule has 0 aromatic carbocycles. The smallest absolute Gasteiger partial charge is 0.303 e. The summed E-state index contributed by atoms with van der Waals surface area (Å²) in [5, 5.41) is 11.5. The van der Waals surface area contributed by atoms with Gasteiger partial charge < -0.3 is 10.4 Å². The molecule has 0 saturated heterocycles. The molecule has 16 heavy (non-hydrogen) atoms. The van der Waals surface area contributed by atoms with E-state index in [0.29, 0.717) is 6.42 Å². The lowest BCUT2D eigenvalue weighted by Crippen LogP contribution is -2.42. The number of carboxylic acid groups (broad SMARTS) is 1. The highest BCUT2D eigenvalue weighted by Crippen LogP contribution is 2.37. The van der Waals surface area contributed by atoms with Gasteiger partial charge in [0.1, 0.15) is 0 Å². The van der Waals surface area contributed by atoms with E-state index in [-0.39, 0.29) is 23.8 Å². The summed E-state index contributed by atoms with van der Waals surface area (Å²) in [6.45, 7) is 3.86. The van der Waals surface area contributed by atoms with E-state index in [4.69, 9.17) is 5.11 Å². The molecule has 0 aromatic heterocycles. The number of aliphatic carboxylic acids is 1. The van der Waals surface area contributed by atoms with Gasteiger partial charge in [-0.25, -0.2) is 0 Å². The van der Waals surface area contributed by atoms with Gasteiger partial charge in [0.15, 0.2) is 0 Å². The van der Waals surface area contributed by atoms with Gasteiger partial charge in [-0.2, -0.15) is 0 Å². The van der Waals surface area contributed by atoms with Crippen LogP contribution >= 0.6 is 0 Å². The lowest BCUT2D eigenvalue weighted by atomic mass is 9.87. The molecule has 0 spiro atoms. The Balaban J connectivity index is 2.35. The molecule has 1 amide bonds. The Hall–Kier alpha value is -1.06. The van der Waals surface area contributed by atoms with Crippen LogP contribution < -0.4 is 5.32 Å². The summed E-state index contributed by atoms with van der Waals surface area (Å²) in [4.78, 5) is 22.4. The van der Waals surface area contributed by atoms with Crippen molar-refractivity contribution in [3.63, 3.8) is 0 Å². The van der Waals surface area contributed by atoms with Gasteiger partial charge in [0, 0.05) is 17.9 Å². The molecule has 1 saturated carbocycles. The summed E-state index contributed by atoms with van der Waals surface area (Å²) in [6.07, 6.45) is 4.74. The first-order valence-corrected chi connectivity index (χ1v) is 5.97. The lowest BCUT2D eigenvalue weighted by molar-refractivity contribution is -0.137. The predicted octanol–water partition coefficient (Wildman–Crippen LogP) is 1.94. The highest BCUT2D eigenvalue weighted by atomic mass is 16.4. The molecule has 1 atom stereocenters. The molecule has 0 bridgehead atoms. The Morgan fingerprint density at radius 2 is 1.94 bits per heavy atom. The molecule has 0 heterocycles. The van der Waals surface area contributed by atoms with Crippen molar-refractivity contribution < 1.29 is 14.7 Å². The minimum absolute atomic E-state index is 0.0546. The van der Waals surface area contributed by atoms with Crippen LogP contribution in [0, 0.1) is 5.41 Å². The van der Waals surface area contributed by atoms with Crippen LogP contribution in [-0.4, -0.2) is 23.0 Å². The van der Waals surface area contributed by atoms with Crippen molar-refractivity contribution in [1.82, 2.24) is 5.32 Å². The third kappa shape index (κ3) is 3.51. The van der Waals surface area contributed by atoms with Gasteiger partial charge >= 0.3 is 5.97 Å². The highest BCUT2D eigenvalue weighted by Gasteiger charge is 2.36. The predicted molar refractivity (Wildman–Crippen MR) is 61.0 cm³/mol. The van der Waals surface area contributed by atoms with Crippen molar-refractivity contribution >= 4 is 11.9 Å². The molecular formula is C12H21NO3. The molecule has 92 valence electrons. The van der Waals surface area contributed by atoms with E-state index < -0.39 is 5.97 Å². The van der Waals surface area contributed by atoms with Gasteiger partial charge in [-0.15, -0.1) is 0 Å². The van der Waals surface area contributed by atoms with Crippen molar-refractivity contribution in [3.05, 3.63) is 0 Å². The average molecular weight is 227 g/mol. The molecule has 4 heteroatoms. The van der Waals surface area contributed by atoms with Crippen molar-refractivity contribution in [1.29, 1.82) is 0 Å². The van der Waals surface area contributed by atoms with Crippen LogP contribution in [0.1, 0.15) is 52.4 Å². The van der Waals surface area contributed by atoms with Crippen LogP contribution in [0.3, 0.4) is 0 Å². The number of carboxylic acids is 1. The van der Waals surface area contributed by atoms with Gasteiger partial charge in [0.05, 0.1) is 0 Å². The quantitative estimate of drug-likeness (QED) is 0.754. The first-order chi connectivity index (χ1) is 7.44. The summed E-state index contributed by atoms with van der Waals surface area (Å²) >= 11 is 0. The normalized spacial score (nSPS) is 20.4. The van der Waals surface area contributed by atoms with Crippen LogP contribution in [0.15, 0.2) is 0 Å². The van der Waals surface area contributed by atoms with Crippen molar-refractivity contribution in [3.8, 4) is 0 Å². The Morgan fingerprint density at radius 3 is 2.44 bits per heavy atom. The zero-order valence-electron chi connectivity index (χ0n) is 10.1. The SMILES string of the molecule is CC(CCC(=O)O)NC(=O)C1(C)CCCC1. The summed E-state index contributed by atoms with van der Waals surface area (Å²) in [5.74, 6) is -0.726. The number of nitrogens with one attached hydrogen (secondary N) is 1. The summed E-state index contributed by atoms with van der Waals surface area (Å²) < 4.78 is 0. The van der Waals surface area contributed by atoms with E-state index >= 15 is 0 Å². The minimum atomic E-state index is -0.812. The van der Waals surface area contributed by atoms with E-state index in [0.717, 1.165) is 25.7 Å². The molecule has 1 unspecified atom stereocenters. The largest absolute Gasteiger partial charge is 0.481 e. The molecule has 0 aromatic rings. The fourth-order valence-electron chi connectivity index (χ4n) is 2.19. The maximum Gasteiger partial charge on any atom is 0.303 e. The monoisotopic (exact) mass is 227 g/mol. The highest BCUT2D eigenvalue weighted by molar-refractivity contribution is 5.82. The van der Waals surface area contributed by atoms with Gasteiger partial charge in [0.25, 0.3) is 0 Å². The Labute approximate surface area is 96.4 Å². The number of rotatable bonds is 5. The molecule has 1 aliphatic carbocycles. The average Bonchev–Trinajstić information content (AvgIpc) is 2.63. The fraction of sp³-hybridized carbons (Fsp3) is 0.833. The van der Waals surface area contributed by atoms with Crippen LogP contribution in [0.5, 0.6) is 0 Å². The maximum atomic E-state index is 12.0. The Kier molecular flexibility index (Phi) is 4.33. The second-order valence-corrected chi connectivity index (χ2v) is 5.07. The zero-order valence-corrected chi connectivity index (χ0v) is 10.1. The van der Waals surface area contributed by atoms with Crippen LogP contribution in [0.4, 0.5) is 0 Å². The number of carbonyl (C=O) groups excluding carboxylic acids is 1. The standard InChI is InChI=1S/C12H21NO3/c1-9(5-6-10(14)15)13-11(16)12(2)7-3-4-8-12/h9H,3-8H2,1-2H3,(H,13,16)(H,14,15). The molecule has 0 radical (unpaired) electrons. The van der Waals surface area contributed by atoms with E-state index in [2.05, 4.69) is 5.32 Å². The molecule has 4 nitrogen and oxygen atoms in total. The fourth-order valence-corrected chi connectivity index (χ4v) is 2.19. The van der Waals surface area contributed by atoms with Crippen LogP contribution in [0.2, 0.25) is 0 Å².